The average Bonchev–Trinajstić information content (AvgIpc) is 2.38. The third kappa shape index (κ3) is 13.0. The van der Waals surface area contributed by atoms with Crippen LogP contribution in [0.2, 0.25) is 0 Å². The summed E-state index contributed by atoms with van der Waals surface area (Å²) < 4.78 is 9.73. The normalized spacial score (nSPS) is 10.5. The van der Waals surface area contributed by atoms with E-state index < -0.39 is 17.8 Å². The van der Waals surface area contributed by atoms with E-state index in [9.17, 15) is 14.4 Å². The van der Waals surface area contributed by atoms with Gasteiger partial charge in [0.1, 0.15) is 5.60 Å². The van der Waals surface area contributed by atoms with Crippen molar-refractivity contribution in [1.29, 1.82) is 0 Å². The van der Waals surface area contributed by atoms with Crippen LogP contribution in [0.3, 0.4) is 0 Å². The van der Waals surface area contributed by atoms with Crippen LogP contribution in [-0.4, -0.2) is 49.9 Å². The first-order chi connectivity index (χ1) is 10.2. The lowest BCUT2D eigenvalue weighted by atomic mass is 10.2. The minimum Gasteiger partial charge on any atom is -0.450 e. The first kappa shape index (κ1) is 20.0. The lowest BCUT2D eigenvalue weighted by Gasteiger charge is -2.19. The lowest BCUT2D eigenvalue weighted by Crippen LogP contribution is -2.38. The van der Waals surface area contributed by atoms with E-state index in [1.165, 1.54) is 0 Å². The molecule has 3 N–H and O–H groups in total. The van der Waals surface area contributed by atoms with Gasteiger partial charge in [-0.25, -0.2) is 9.59 Å². The second-order valence-electron chi connectivity index (χ2n) is 5.53. The summed E-state index contributed by atoms with van der Waals surface area (Å²) in [6.45, 7) is 8.36. The molecule has 0 spiro atoms. The summed E-state index contributed by atoms with van der Waals surface area (Å²) in [5.74, 6) is -0.142. The number of amides is 3. The van der Waals surface area contributed by atoms with Crippen LogP contribution in [0.5, 0.6) is 0 Å². The number of hydrogen-bond donors (Lipinski definition) is 3. The molecule has 0 aromatic carbocycles. The topological polar surface area (TPSA) is 106 Å². The first-order valence-electron chi connectivity index (χ1n) is 7.38. The van der Waals surface area contributed by atoms with Crippen LogP contribution >= 0.6 is 0 Å². The quantitative estimate of drug-likeness (QED) is 0.582. The number of rotatable bonds is 8. The van der Waals surface area contributed by atoms with Gasteiger partial charge >= 0.3 is 12.2 Å². The van der Waals surface area contributed by atoms with Gasteiger partial charge in [0.2, 0.25) is 5.91 Å². The van der Waals surface area contributed by atoms with Crippen molar-refractivity contribution in [1.82, 2.24) is 16.0 Å². The molecule has 128 valence electrons. The Bertz CT molecular complexity index is 366. The maximum atomic E-state index is 11.5. The van der Waals surface area contributed by atoms with Crippen molar-refractivity contribution in [3.63, 3.8) is 0 Å². The third-order valence-electron chi connectivity index (χ3n) is 2.24. The Morgan fingerprint density at radius 2 is 1.50 bits per heavy atom. The number of hydrogen-bond acceptors (Lipinski definition) is 5. The highest BCUT2D eigenvalue weighted by Crippen LogP contribution is 2.05. The second kappa shape index (κ2) is 10.7. The molecule has 0 aliphatic carbocycles. The molecule has 0 aliphatic heterocycles. The molecule has 22 heavy (non-hydrogen) atoms. The molecule has 0 unspecified atom stereocenters. The zero-order valence-electron chi connectivity index (χ0n) is 13.8. The number of carbonyl (C=O) groups is 3. The van der Waals surface area contributed by atoms with Gasteiger partial charge in [0.15, 0.2) is 0 Å². The molecule has 0 atom stereocenters. The minimum atomic E-state index is -0.542. The van der Waals surface area contributed by atoms with Gasteiger partial charge in [-0.1, -0.05) is 0 Å². The fourth-order valence-corrected chi connectivity index (χ4v) is 1.39. The molecule has 0 saturated carbocycles. The van der Waals surface area contributed by atoms with Crippen LogP contribution in [0.15, 0.2) is 0 Å². The van der Waals surface area contributed by atoms with Crippen molar-refractivity contribution < 1.29 is 23.9 Å². The summed E-state index contributed by atoms with van der Waals surface area (Å²) in [6.07, 6.45) is -0.187. The molecular formula is C14H27N3O5. The fraction of sp³-hybridized carbons (Fsp3) is 0.786. The number of nitrogens with one attached hydrogen (secondary N) is 3. The van der Waals surface area contributed by atoms with Gasteiger partial charge in [-0.05, 0) is 34.1 Å². The Hall–Kier alpha value is -1.99. The highest BCUT2D eigenvalue weighted by atomic mass is 16.6. The highest BCUT2D eigenvalue weighted by molar-refractivity contribution is 5.76. The van der Waals surface area contributed by atoms with Crippen molar-refractivity contribution in [3.05, 3.63) is 0 Å². The SMILES string of the molecule is CCOC(=O)NCCCC(=O)NCCNC(=O)OC(C)(C)C. The predicted molar refractivity (Wildman–Crippen MR) is 81.5 cm³/mol. The molecule has 0 aromatic rings. The van der Waals surface area contributed by atoms with E-state index in [1.54, 1.807) is 27.7 Å². The van der Waals surface area contributed by atoms with E-state index in [0.717, 1.165) is 0 Å². The van der Waals surface area contributed by atoms with Crippen molar-refractivity contribution in [2.45, 2.75) is 46.1 Å². The third-order valence-corrected chi connectivity index (χ3v) is 2.24. The summed E-state index contributed by atoms with van der Waals surface area (Å²) in [4.78, 5) is 33.8. The lowest BCUT2D eigenvalue weighted by molar-refractivity contribution is -0.121. The van der Waals surface area contributed by atoms with Crippen LogP contribution < -0.4 is 16.0 Å². The van der Waals surface area contributed by atoms with Gasteiger partial charge in [0.25, 0.3) is 0 Å². The number of carbonyl (C=O) groups excluding carboxylic acids is 3. The van der Waals surface area contributed by atoms with Crippen molar-refractivity contribution in [3.8, 4) is 0 Å². The monoisotopic (exact) mass is 317 g/mol. The molecule has 3 amide bonds. The average molecular weight is 317 g/mol. The molecule has 8 heteroatoms. The van der Waals surface area contributed by atoms with E-state index in [1.807, 2.05) is 0 Å². The van der Waals surface area contributed by atoms with E-state index in [2.05, 4.69) is 20.7 Å². The molecular weight excluding hydrogens is 290 g/mol. The Balaban J connectivity index is 3.54. The van der Waals surface area contributed by atoms with Crippen LogP contribution in [0.25, 0.3) is 0 Å². The maximum Gasteiger partial charge on any atom is 0.407 e. The Morgan fingerprint density at radius 1 is 0.909 bits per heavy atom. The van der Waals surface area contributed by atoms with Gasteiger partial charge in [-0.2, -0.15) is 0 Å². The van der Waals surface area contributed by atoms with E-state index in [0.29, 0.717) is 39.1 Å². The van der Waals surface area contributed by atoms with Crippen LogP contribution in [-0.2, 0) is 14.3 Å². The van der Waals surface area contributed by atoms with Crippen molar-refractivity contribution in [2.24, 2.45) is 0 Å². The minimum absolute atomic E-state index is 0.142. The molecule has 0 aliphatic rings. The van der Waals surface area contributed by atoms with E-state index >= 15 is 0 Å². The van der Waals surface area contributed by atoms with Gasteiger partial charge < -0.3 is 25.4 Å². The second-order valence-corrected chi connectivity index (χ2v) is 5.53. The Kier molecular flexibility index (Phi) is 9.73. The molecule has 0 rings (SSSR count). The molecule has 0 heterocycles. The summed E-state index contributed by atoms with van der Waals surface area (Å²) in [5, 5.41) is 7.73. The van der Waals surface area contributed by atoms with Crippen molar-refractivity contribution >= 4 is 18.1 Å². The Labute approximate surface area is 131 Å². The molecule has 8 nitrogen and oxygen atoms in total. The van der Waals surface area contributed by atoms with Gasteiger partial charge in [-0.15, -0.1) is 0 Å². The molecule has 0 bridgehead atoms. The zero-order chi connectivity index (χ0) is 17.0. The predicted octanol–water partition coefficient (Wildman–Crippen LogP) is 1.15. The zero-order valence-corrected chi connectivity index (χ0v) is 13.8. The largest absolute Gasteiger partial charge is 0.450 e. The van der Waals surface area contributed by atoms with E-state index in [4.69, 9.17) is 4.74 Å². The van der Waals surface area contributed by atoms with Crippen molar-refractivity contribution in [2.75, 3.05) is 26.2 Å². The van der Waals surface area contributed by atoms with Gasteiger partial charge in [-0.3, -0.25) is 4.79 Å². The number of ether oxygens (including phenoxy) is 2. The smallest absolute Gasteiger partial charge is 0.407 e. The maximum absolute atomic E-state index is 11.5. The fourth-order valence-electron chi connectivity index (χ4n) is 1.39. The van der Waals surface area contributed by atoms with Gasteiger partial charge in [0.05, 0.1) is 6.61 Å². The van der Waals surface area contributed by atoms with Crippen LogP contribution in [0.4, 0.5) is 9.59 Å². The molecule has 0 aromatic heterocycles. The highest BCUT2D eigenvalue weighted by Gasteiger charge is 2.15. The van der Waals surface area contributed by atoms with Gasteiger partial charge in [0, 0.05) is 26.1 Å². The summed E-state index contributed by atoms with van der Waals surface area (Å²) >= 11 is 0. The van der Waals surface area contributed by atoms with Crippen LogP contribution in [0, 0.1) is 0 Å². The Morgan fingerprint density at radius 3 is 2.09 bits per heavy atom. The standard InChI is InChI=1S/C14H27N3O5/c1-5-21-12(19)16-8-6-7-11(18)15-9-10-17-13(20)22-14(2,3)4/h5-10H2,1-4H3,(H,15,18)(H,16,19)(H,17,20). The van der Waals surface area contributed by atoms with E-state index in [-0.39, 0.29) is 5.91 Å². The molecule has 0 radical (unpaired) electrons. The summed E-state index contributed by atoms with van der Waals surface area (Å²) in [5.41, 5.74) is -0.542. The first-order valence-corrected chi connectivity index (χ1v) is 7.38. The summed E-state index contributed by atoms with van der Waals surface area (Å²) in [6, 6.07) is 0. The molecule has 0 saturated heterocycles. The molecule has 0 fully saturated rings. The summed E-state index contributed by atoms with van der Waals surface area (Å²) in [7, 11) is 0. The number of alkyl carbamates (subject to hydrolysis) is 2. The van der Waals surface area contributed by atoms with Crippen LogP contribution in [0.1, 0.15) is 40.5 Å².